The summed E-state index contributed by atoms with van der Waals surface area (Å²) < 4.78 is 0. The van der Waals surface area contributed by atoms with Crippen LogP contribution in [-0.2, 0) is 6.42 Å². The fourth-order valence-corrected chi connectivity index (χ4v) is 2.87. The van der Waals surface area contributed by atoms with Gasteiger partial charge in [-0.15, -0.1) is 0 Å². The molecule has 1 nitrogen and oxygen atoms in total. The van der Waals surface area contributed by atoms with Crippen LogP contribution in [0.1, 0.15) is 35.1 Å². The highest BCUT2D eigenvalue weighted by atomic mass is 14.7. The summed E-state index contributed by atoms with van der Waals surface area (Å²) in [4.78, 5) is 0. The Hall–Kier alpha value is -1.60. The Morgan fingerprint density at radius 3 is 2.41 bits per heavy atom. The van der Waals surface area contributed by atoms with Crippen molar-refractivity contribution in [2.24, 2.45) is 5.73 Å². The number of rotatable bonds is 1. The van der Waals surface area contributed by atoms with Gasteiger partial charge < -0.3 is 5.73 Å². The van der Waals surface area contributed by atoms with Crippen molar-refractivity contribution in [2.75, 3.05) is 0 Å². The molecule has 1 aliphatic carbocycles. The molecule has 17 heavy (non-hydrogen) atoms. The summed E-state index contributed by atoms with van der Waals surface area (Å²) in [6.07, 6.45) is 2.30. The van der Waals surface area contributed by atoms with Gasteiger partial charge in [0.25, 0.3) is 0 Å². The van der Waals surface area contributed by atoms with Gasteiger partial charge in [-0.05, 0) is 29.5 Å². The number of hydrogen-bond donors (Lipinski definition) is 1. The highest BCUT2D eigenvalue weighted by Crippen LogP contribution is 2.38. The lowest BCUT2D eigenvalue weighted by molar-refractivity contribution is 0.486. The van der Waals surface area contributed by atoms with Crippen molar-refractivity contribution in [1.29, 1.82) is 0 Å². The molecule has 2 aromatic rings. The quantitative estimate of drug-likeness (QED) is 0.787. The van der Waals surface area contributed by atoms with Crippen LogP contribution in [0.15, 0.2) is 54.6 Å². The van der Waals surface area contributed by atoms with Crippen LogP contribution in [0.5, 0.6) is 0 Å². The second kappa shape index (κ2) is 4.34. The zero-order valence-corrected chi connectivity index (χ0v) is 9.84. The van der Waals surface area contributed by atoms with Crippen LogP contribution in [0.4, 0.5) is 0 Å². The van der Waals surface area contributed by atoms with E-state index in [9.17, 15) is 0 Å². The van der Waals surface area contributed by atoms with E-state index in [1.54, 1.807) is 0 Å². The smallest absolute Gasteiger partial charge is 0.0367 e. The zero-order valence-electron chi connectivity index (χ0n) is 9.84. The summed E-state index contributed by atoms with van der Waals surface area (Å²) >= 11 is 0. The van der Waals surface area contributed by atoms with Gasteiger partial charge >= 0.3 is 0 Å². The van der Waals surface area contributed by atoms with Crippen LogP contribution in [-0.4, -0.2) is 0 Å². The molecule has 0 aliphatic heterocycles. The van der Waals surface area contributed by atoms with E-state index in [1.165, 1.54) is 16.7 Å². The van der Waals surface area contributed by atoms with Crippen molar-refractivity contribution in [3.8, 4) is 0 Å². The topological polar surface area (TPSA) is 26.0 Å². The first-order chi connectivity index (χ1) is 8.36. The van der Waals surface area contributed by atoms with E-state index in [0.717, 1.165) is 12.8 Å². The largest absolute Gasteiger partial charge is 0.323 e. The Morgan fingerprint density at radius 2 is 1.59 bits per heavy atom. The molecule has 0 amide bonds. The lowest BCUT2D eigenvalue weighted by Gasteiger charge is -2.31. The van der Waals surface area contributed by atoms with E-state index >= 15 is 0 Å². The maximum absolute atomic E-state index is 6.42. The normalized spacial score (nSPS) is 23.1. The fourth-order valence-electron chi connectivity index (χ4n) is 2.87. The lowest BCUT2D eigenvalue weighted by Crippen LogP contribution is -2.25. The molecule has 0 heterocycles. The SMILES string of the molecule is NC1c2ccccc2CCC1c1ccccc1. The Balaban J connectivity index is 1.97. The Labute approximate surface area is 102 Å². The number of fused-ring (bicyclic) bond motifs is 1. The van der Waals surface area contributed by atoms with Gasteiger partial charge in [0.05, 0.1) is 0 Å². The van der Waals surface area contributed by atoms with Gasteiger partial charge in [-0.25, -0.2) is 0 Å². The third-order valence-corrected chi connectivity index (χ3v) is 3.80. The van der Waals surface area contributed by atoms with Gasteiger partial charge in [0, 0.05) is 12.0 Å². The van der Waals surface area contributed by atoms with E-state index in [1.807, 2.05) is 0 Å². The van der Waals surface area contributed by atoms with E-state index in [0.29, 0.717) is 5.92 Å². The molecule has 0 saturated heterocycles. The molecule has 2 unspecified atom stereocenters. The molecule has 0 radical (unpaired) electrons. The second-order valence-corrected chi connectivity index (χ2v) is 4.78. The Morgan fingerprint density at radius 1 is 0.882 bits per heavy atom. The van der Waals surface area contributed by atoms with Crippen LogP contribution in [0, 0.1) is 0 Å². The molecule has 2 aromatic carbocycles. The molecule has 2 atom stereocenters. The summed E-state index contributed by atoms with van der Waals surface area (Å²) in [6, 6.07) is 19.4. The molecule has 86 valence electrons. The molecule has 0 fully saturated rings. The molecule has 1 heteroatoms. The minimum absolute atomic E-state index is 0.141. The predicted molar refractivity (Wildman–Crippen MR) is 70.9 cm³/mol. The Kier molecular flexibility index (Phi) is 2.69. The van der Waals surface area contributed by atoms with Crippen molar-refractivity contribution in [3.05, 3.63) is 71.3 Å². The van der Waals surface area contributed by atoms with Gasteiger partial charge in [-0.2, -0.15) is 0 Å². The van der Waals surface area contributed by atoms with Crippen LogP contribution in [0.2, 0.25) is 0 Å². The van der Waals surface area contributed by atoms with Crippen LogP contribution in [0.3, 0.4) is 0 Å². The molecule has 0 aromatic heterocycles. The van der Waals surface area contributed by atoms with Crippen molar-refractivity contribution in [1.82, 2.24) is 0 Å². The van der Waals surface area contributed by atoms with E-state index in [-0.39, 0.29) is 6.04 Å². The first-order valence-corrected chi connectivity index (χ1v) is 6.24. The first-order valence-electron chi connectivity index (χ1n) is 6.24. The van der Waals surface area contributed by atoms with Crippen LogP contribution in [0.25, 0.3) is 0 Å². The fraction of sp³-hybridized carbons (Fsp3) is 0.250. The summed E-state index contributed by atoms with van der Waals surface area (Å²) in [5.41, 5.74) is 10.5. The molecule has 3 rings (SSSR count). The molecule has 1 aliphatic rings. The summed E-state index contributed by atoms with van der Waals surface area (Å²) in [6.45, 7) is 0. The zero-order chi connectivity index (χ0) is 11.7. The standard InChI is InChI=1S/C16H17N/c17-16-14-9-5-4-8-13(14)10-11-15(16)12-6-2-1-3-7-12/h1-9,15-16H,10-11,17H2. The van der Waals surface area contributed by atoms with Gasteiger partial charge in [-0.1, -0.05) is 54.6 Å². The predicted octanol–water partition coefficient (Wildman–Crippen LogP) is 3.42. The van der Waals surface area contributed by atoms with Crippen LogP contribution < -0.4 is 5.73 Å². The number of nitrogens with two attached hydrogens (primary N) is 1. The summed E-state index contributed by atoms with van der Waals surface area (Å²) in [5.74, 6) is 0.464. The van der Waals surface area contributed by atoms with Crippen molar-refractivity contribution < 1.29 is 0 Å². The molecule has 0 spiro atoms. The highest BCUT2D eigenvalue weighted by Gasteiger charge is 2.27. The van der Waals surface area contributed by atoms with Gasteiger partial charge in [0.15, 0.2) is 0 Å². The van der Waals surface area contributed by atoms with E-state index in [4.69, 9.17) is 5.73 Å². The molecule has 2 N–H and O–H groups in total. The molecular weight excluding hydrogens is 206 g/mol. The molecular formula is C16H17N. The van der Waals surface area contributed by atoms with Crippen molar-refractivity contribution in [2.45, 2.75) is 24.8 Å². The maximum Gasteiger partial charge on any atom is 0.0367 e. The van der Waals surface area contributed by atoms with Gasteiger partial charge in [0.1, 0.15) is 0 Å². The third-order valence-electron chi connectivity index (χ3n) is 3.80. The van der Waals surface area contributed by atoms with E-state index in [2.05, 4.69) is 54.6 Å². The van der Waals surface area contributed by atoms with Gasteiger partial charge in [0.2, 0.25) is 0 Å². The van der Waals surface area contributed by atoms with Crippen LogP contribution >= 0.6 is 0 Å². The average Bonchev–Trinajstić information content (AvgIpc) is 2.40. The molecule has 0 saturated carbocycles. The second-order valence-electron chi connectivity index (χ2n) is 4.78. The average molecular weight is 223 g/mol. The number of benzene rings is 2. The first kappa shape index (κ1) is 10.5. The minimum atomic E-state index is 0.141. The summed E-state index contributed by atoms with van der Waals surface area (Å²) in [7, 11) is 0. The molecule has 0 bridgehead atoms. The van der Waals surface area contributed by atoms with Gasteiger partial charge in [-0.3, -0.25) is 0 Å². The lowest BCUT2D eigenvalue weighted by atomic mass is 9.77. The number of hydrogen-bond acceptors (Lipinski definition) is 1. The third kappa shape index (κ3) is 1.87. The van der Waals surface area contributed by atoms with E-state index < -0.39 is 0 Å². The summed E-state index contributed by atoms with van der Waals surface area (Å²) in [5, 5.41) is 0. The number of aryl methyl sites for hydroxylation is 1. The van der Waals surface area contributed by atoms with Crippen molar-refractivity contribution in [3.63, 3.8) is 0 Å². The highest BCUT2D eigenvalue weighted by molar-refractivity contribution is 5.37. The monoisotopic (exact) mass is 223 g/mol. The Bertz CT molecular complexity index is 504. The maximum atomic E-state index is 6.42. The minimum Gasteiger partial charge on any atom is -0.323 e. The van der Waals surface area contributed by atoms with Crippen molar-refractivity contribution >= 4 is 0 Å².